The Bertz CT molecular complexity index is 182. The Morgan fingerprint density at radius 1 is 1.58 bits per heavy atom. The van der Waals surface area contributed by atoms with Crippen LogP contribution in [0, 0.1) is 0 Å². The van der Waals surface area contributed by atoms with Crippen molar-refractivity contribution in [3.63, 3.8) is 0 Å². The van der Waals surface area contributed by atoms with Gasteiger partial charge in [-0.3, -0.25) is 4.79 Å². The predicted molar refractivity (Wildman–Crippen MR) is 47.6 cm³/mol. The molecule has 0 fully saturated rings. The highest BCUT2D eigenvalue weighted by Crippen LogP contribution is 2.18. The third-order valence-corrected chi connectivity index (χ3v) is 1.95. The first kappa shape index (κ1) is 9.30. The molecule has 0 aromatic carbocycles. The number of carbonyl (C=O) groups excluding carboxylic acids is 1. The molecule has 0 radical (unpaired) electrons. The Kier molecular flexibility index (Phi) is 3.85. The van der Waals surface area contributed by atoms with Crippen molar-refractivity contribution >= 4 is 5.97 Å². The normalized spacial score (nSPS) is 16.9. The molecule has 1 aliphatic rings. The lowest BCUT2D eigenvalue weighted by Gasteiger charge is -2.12. The summed E-state index contributed by atoms with van der Waals surface area (Å²) >= 11 is 0. The molecule has 0 unspecified atom stereocenters. The number of rotatable bonds is 3. The van der Waals surface area contributed by atoms with Crippen molar-refractivity contribution in [3.8, 4) is 0 Å². The molecule has 0 bridgehead atoms. The van der Waals surface area contributed by atoms with E-state index in [9.17, 15) is 4.79 Å². The molecule has 0 aromatic rings. The minimum atomic E-state index is -0.0781. The zero-order valence-electron chi connectivity index (χ0n) is 7.64. The molecule has 0 N–H and O–H groups in total. The monoisotopic (exact) mass is 168 g/mol. The maximum Gasteiger partial charge on any atom is 0.310 e. The molecule has 1 rings (SSSR count). The van der Waals surface area contributed by atoms with Crippen molar-refractivity contribution in [1.29, 1.82) is 0 Å². The van der Waals surface area contributed by atoms with Crippen molar-refractivity contribution in [2.45, 2.75) is 45.4 Å². The maximum atomic E-state index is 11.0. The van der Waals surface area contributed by atoms with E-state index in [1.54, 1.807) is 0 Å². The minimum absolute atomic E-state index is 0.0781. The molecule has 0 saturated heterocycles. The number of carbonyl (C=O) groups is 1. The van der Waals surface area contributed by atoms with E-state index in [-0.39, 0.29) is 5.97 Å². The van der Waals surface area contributed by atoms with Gasteiger partial charge in [-0.05, 0) is 31.8 Å². The molecule has 0 atom stereocenters. The van der Waals surface area contributed by atoms with Gasteiger partial charge in [0.1, 0.15) is 5.76 Å². The predicted octanol–water partition coefficient (Wildman–Crippen LogP) is 2.79. The highest BCUT2D eigenvalue weighted by Gasteiger charge is 2.08. The van der Waals surface area contributed by atoms with Crippen molar-refractivity contribution in [3.05, 3.63) is 11.8 Å². The Morgan fingerprint density at radius 2 is 2.42 bits per heavy atom. The molecular weight excluding hydrogens is 152 g/mol. The number of allylic oxidation sites excluding steroid dienone is 2. The van der Waals surface area contributed by atoms with E-state index >= 15 is 0 Å². The van der Waals surface area contributed by atoms with Crippen molar-refractivity contribution in [2.24, 2.45) is 0 Å². The average molecular weight is 168 g/mol. The van der Waals surface area contributed by atoms with E-state index in [1.165, 1.54) is 6.42 Å². The molecule has 0 amide bonds. The van der Waals surface area contributed by atoms with Gasteiger partial charge in [0.15, 0.2) is 0 Å². The first-order valence-electron chi connectivity index (χ1n) is 4.72. The fourth-order valence-electron chi connectivity index (χ4n) is 1.30. The average Bonchev–Trinajstić information content (AvgIpc) is 2.06. The second-order valence-corrected chi connectivity index (χ2v) is 3.14. The van der Waals surface area contributed by atoms with Crippen LogP contribution in [0.5, 0.6) is 0 Å². The number of esters is 1. The molecule has 0 heterocycles. The third kappa shape index (κ3) is 3.07. The largest absolute Gasteiger partial charge is 0.431 e. The van der Waals surface area contributed by atoms with Gasteiger partial charge >= 0.3 is 5.97 Å². The van der Waals surface area contributed by atoms with Gasteiger partial charge in [0.05, 0.1) is 0 Å². The van der Waals surface area contributed by atoms with Crippen LogP contribution in [0.1, 0.15) is 45.4 Å². The first-order chi connectivity index (χ1) is 5.83. The lowest BCUT2D eigenvalue weighted by atomic mass is 10.1. The number of ether oxygens (including phenoxy) is 1. The lowest BCUT2D eigenvalue weighted by molar-refractivity contribution is -0.139. The molecule has 12 heavy (non-hydrogen) atoms. The van der Waals surface area contributed by atoms with Gasteiger partial charge in [-0.15, -0.1) is 0 Å². The molecule has 68 valence electrons. The quantitative estimate of drug-likeness (QED) is 0.606. The van der Waals surface area contributed by atoms with Crippen LogP contribution in [-0.4, -0.2) is 5.97 Å². The second-order valence-electron chi connectivity index (χ2n) is 3.14. The maximum absolute atomic E-state index is 11.0. The van der Waals surface area contributed by atoms with Crippen molar-refractivity contribution in [2.75, 3.05) is 0 Å². The summed E-state index contributed by atoms with van der Waals surface area (Å²) in [4.78, 5) is 11.0. The summed E-state index contributed by atoms with van der Waals surface area (Å²) in [5.41, 5.74) is 0. The molecule has 0 aromatic heterocycles. The Hall–Kier alpha value is -0.790. The van der Waals surface area contributed by atoms with E-state index in [1.807, 2.05) is 13.0 Å². The summed E-state index contributed by atoms with van der Waals surface area (Å²) in [6, 6.07) is 0. The Balaban J connectivity index is 2.29. The molecule has 0 aliphatic heterocycles. The van der Waals surface area contributed by atoms with E-state index in [0.717, 1.165) is 31.4 Å². The summed E-state index contributed by atoms with van der Waals surface area (Å²) in [7, 11) is 0. The van der Waals surface area contributed by atoms with Crippen LogP contribution in [0.2, 0.25) is 0 Å². The Labute approximate surface area is 73.6 Å². The van der Waals surface area contributed by atoms with E-state index in [0.29, 0.717) is 6.42 Å². The van der Waals surface area contributed by atoms with Crippen molar-refractivity contribution < 1.29 is 9.53 Å². The number of hydrogen-bond acceptors (Lipinski definition) is 2. The van der Waals surface area contributed by atoms with Gasteiger partial charge in [-0.1, -0.05) is 6.92 Å². The summed E-state index contributed by atoms with van der Waals surface area (Å²) in [6.07, 6.45) is 7.84. The topological polar surface area (TPSA) is 26.3 Å². The molecule has 2 nitrogen and oxygen atoms in total. The van der Waals surface area contributed by atoms with Crippen LogP contribution in [0.25, 0.3) is 0 Å². The van der Waals surface area contributed by atoms with Gasteiger partial charge in [0.2, 0.25) is 0 Å². The van der Waals surface area contributed by atoms with E-state index < -0.39 is 0 Å². The smallest absolute Gasteiger partial charge is 0.310 e. The van der Waals surface area contributed by atoms with E-state index in [2.05, 4.69) is 0 Å². The van der Waals surface area contributed by atoms with Crippen LogP contribution < -0.4 is 0 Å². The fraction of sp³-hybridized carbons (Fsp3) is 0.700. The summed E-state index contributed by atoms with van der Waals surface area (Å²) in [6.45, 7) is 1.98. The number of hydrogen-bond donors (Lipinski definition) is 0. The van der Waals surface area contributed by atoms with Crippen LogP contribution >= 0.6 is 0 Å². The standard InChI is InChI=1S/C10H16O2/c1-2-6-10(11)12-9-7-4-3-5-8-9/h7H,2-6,8H2,1H3. The summed E-state index contributed by atoms with van der Waals surface area (Å²) in [5.74, 6) is 0.811. The Morgan fingerprint density at radius 3 is 3.00 bits per heavy atom. The fourth-order valence-corrected chi connectivity index (χ4v) is 1.30. The SMILES string of the molecule is CCCC(=O)OC1=CCCCC1. The van der Waals surface area contributed by atoms with Gasteiger partial charge in [0.25, 0.3) is 0 Å². The summed E-state index contributed by atoms with van der Waals surface area (Å²) < 4.78 is 5.15. The third-order valence-electron chi connectivity index (χ3n) is 1.95. The van der Waals surface area contributed by atoms with Crippen molar-refractivity contribution in [1.82, 2.24) is 0 Å². The van der Waals surface area contributed by atoms with E-state index in [4.69, 9.17) is 4.74 Å². The molecule has 1 aliphatic carbocycles. The zero-order valence-corrected chi connectivity index (χ0v) is 7.64. The van der Waals surface area contributed by atoms with Crippen LogP contribution in [0.3, 0.4) is 0 Å². The van der Waals surface area contributed by atoms with Crippen LogP contribution in [0.4, 0.5) is 0 Å². The second kappa shape index (κ2) is 4.96. The minimum Gasteiger partial charge on any atom is -0.431 e. The lowest BCUT2D eigenvalue weighted by Crippen LogP contribution is -2.05. The molecular formula is C10H16O2. The van der Waals surface area contributed by atoms with Gasteiger partial charge < -0.3 is 4.74 Å². The van der Waals surface area contributed by atoms with Gasteiger partial charge in [-0.2, -0.15) is 0 Å². The van der Waals surface area contributed by atoms with Crippen LogP contribution in [0.15, 0.2) is 11.8 Å². The molecule has 0 saturated carbocycles. The summed E-state index contributed by atoms with van der Waals surface area (Å²) in [5, 5.41) is 0. The van der Waals surface area contributed by atoms with Gasteiger partial charge in [-0.25, -0.2) is 0 Å². The zero-order chi connectivity index (χ0) is 8.81. The molecule has 2 heteroatoms. The van der Waals surface area contributed by atoms with Crippen LogP contribution in [-0.2, 0) is 9.53 Å². The highest BCUT2D eigenvalue weighted by molar-refractivity contribution is 5.70. The first-order valence-corrected chi connectivity index (χ1v) is 4.72. The highest BCUT2D eigenvalue weighted by atomic mass is 16.5. The van der Waals surface area contributed by atoms with Gasteiger partial charge in [0, 0.05) is 12.8 Å². The molecule has 0 spiro atoms.